The molecule has 1 N–H and O–H groups in total. The van der Waals surface area contributed by atoms with E-state index in [4.69, 9.17) is 21.4 Å². The van der Waals surface area contributed by atoms with E-state index in [0.29, 0.717) is 38.9 Å². The van der Waals surface area contributed by atoms with Crippen LogP contribution in [0.2, 0.25) is 5.02 Å². The summed E-state index contributed by atoms with van der Waals surface area (Å²) in [7, 11) is 0. The first-order chi connectivity index (χ1) is 20.0. The second-order valence-electron chi connectivity index (χ2n) is 9.81. The van der Waals surface area contributed by atoms with E-state index in [-0.39, 0.29) is 57.6 Å². The fourth-order valence-electron chi connectivity index (χ4n) is 4.55. The van der Waals surface area contributed by atoms with Crippen LogP contribution in [0, 0.1) is 11.7 Å². The maximum atomic E-state index is 14.0. The molecule has 1 saturated heterocycles. The van der Waals surface area contributed by atoms with Crippen molar-refractivity contribution in [3.05, 3.63) is 58.4 Å². The Bertz CT molecular complexity index is 1420. The molecule has 0 saturated carbocycles. The second-order valence-corrected chi connectivity index (χ2v) is 11.1. The van der Waals surface area contributed by atoms with Gasteiger partial charge in [-0.2, -0.15) is 13.2 Å². The molecule has 0 spiro atoms. The summed E-state index contributed by atoms with van der Waals surface area (Å²) in [6, 6.07) is 7.48. The number of piperidine rings is 1. The van der Waals surface area contributed by atoms with Gasteiger partial charge in [-0.3, -0.25) is 19.4 Å². The Balaban J connectivity index is 0.00000506. The SMILES string of the molecule is CCCCN(C(=O)c1cccc(F)c1Cl)c1nnc(-c2ccc(OCCN3CCC(C(=O)O)CC3)c(C(F)(F)F)c2)s1.Cl. The number of carboxylic acids is 1. The van der Waals surface area contributed by atoms with Crippen LogP contribution in [0.4, 0.5) is 22.7 Å². The largest absolute Gasteiger partial charge is 0.492 e. The van der Waals surface area contributed by atoms with E-state index in [0.717, 1.165) is 29.9 Å². The molecule has 0 radical (unpaired) electrons. The standard InChI is InChI=1S/C28H29ClF4N4O4S.ClH/c1-2-3-11-37(25(38)19-5-4-6-21(30)23(19)29)27-35-34-24(42-27)18-7-8-22(20(16-18)28(31,32)33)41-15-14-36-12-9-17(10-13-36)26(39)40;/h4-8,16-17H,2-3,9-15H2,1H3,(H,39,40);1H. The predicted octanol–water partition coefficient (Wildman–Crippen LogP) is 7.06. The van der Waals surface area contributed by atoms with Crippen molar-refractivity contribution in [2.45, 2.75) is 38.8 Å². The van der Waals surface area contributed by atoms with Crippen molar-refractivity contribution in [1.29, 1.82) is 0 Å². The van der Waals surface area contributed by atoms with Crippen molar-refractivity contribution >= 4 is 52.4 Å². The number of hydrogen-bond donors (Lipinski definition) is 1. The molecule has 2 aromatic carbocycles. The maximum absolute atomic E-state index is 14.0. The number of rotatable bonds is 11. The highest BCUT2D eigenvalue weighted by atomic mass is 35.5. The number of amides is 1. The number of unbranched alkanes of at least 4 members (excludes halogenated alkanes) is 1. The summed E-state index contributed by atoms with van der Waals surface area (Å²) in [5, 5.41) is 17.2. The topological polar surface area (TPSA) is 95.9 Å². The van der Waals surface area contributed by atoms with E-state index in [1.54, 1.807) is 0 Å². The molecule has 1 amide bonds. The molecule has 0 aliphatic carbocycles. The zero-order valence-electron chi connectivity index (χ0n) is 23.1. The number of hydrogen-bond acceptors (Lipinski definition) is 7. The molecule has 0 unspecified atom stereocenters. The predicted molar refractivity (Wildman–Crippen MR) is 158 cm³/mol. The van der Waals surface area contributed by atoms with Gasteiger partial charge >= 0.3 is 12.1 Å². The Morgan fingerprint density at radius 2 is 1.91 bits per heavy atom. The number of nitrogens with zero attached hydrogens (tertiary/aromatic N) is 4. The van der Waals surface area contributed by atoms with Gasteiger partial charge in [0.25, 0.3) is 5.91 Å². The number of aromatic nitrogens is 2. The van der Waals surface area contributed by atoms with E-state index in [1.165, 1.54) is 29.2 Å². The van der Waals surface area contributed by atoms with Crippen LogP contribution in [0.15, 0.2) is 36.4 Å². The van der Waals surface area contributed by atoms with Gasteiger partial charge in [0.2, 0.25) is 5.13 Å². The molecule has 1 aliphatic heterocycles. The van der Waals surface area contributed by atoms with E-state index < -0.39 is 35.4 Å². The van der Waals surface area contributed by atoms with Crippen molar-refractivity contribution in [2.24, 2.45) is 5.92 Å². The number of carbonyl (C=O) groups excluding carboxylic acids is 1. The zero-order chi connectivity index (χ0) is 30.4. The van der Waals surface area contributed by atoms with Gasteiger partial charge in [-0.25, -0.2) is 4.39 Å². The number of ether oxygens (including phenoxy) is 1. The smallest absolute Gasteiger partial charge is 0.419 e. The van der Waals surface area contributed by atoms with Gasteiger partial charge in [-0.15, -0.1) is 22.6 Å². The van der Waals surface area contributed by atoms with Crippen LogP contribution in [0.3, 0.4) is 0 Å². The summed E-state index contributed by atoms with van der Waals surface area (Å²) in [6.45, 7) is 3.59. The summed E-state index contributed by atoms with van der Waals surface area (Å²) >= 11 is 6.96. The van der Waals surface area contributed by atoms with Gasteiger partial charge in [-0.1, -0.05) is 42.3 Å². The van der Waals surface area contributed by atoms with Crippen molar-refractivity contribution in [3.8, 4) is 16.3 Å². The normalized spacial score (nSPS) is 14.3. The molecule has 0 atom stereocenters. The third-order valence-electron chi connectivity index (χ3n) is 6.94. The van der Waals surface area contributed by atoms with Crippen LogP contribution in [0.25, 0.3) is 10.6 Å². The average molecular weight is 666 g/mol. The fraction of sp³-hybridized carbons (Fsp3) is 0.429. The average Bonchev–Trinajstić information content (AvgIpc) is 3.44. The van der Waals surface area contributed by atoms with Gasteiger partial charge in [-0.05, 0) is 62.7 Å². The highest BCUT2D eigenvalue weighted by Crippen LogP contribution is 2.40. The lowest BCUT2D eigenvalue weighted by molar-refractivity contribution is -0.143. The van der Waals surface area contributed by atoms with Gasteiger partial charge < -0.3 is 9.84 Å². The number of carboxylic acid groups (broad SMARTS) is 1. The van der Waals surface area contributed by atoms with Crippen LogP contribution in [-0.2, 0) is 11.0 Å². The molecule has 234 valence electrons. The zero-order valence-corrected chi connectivity index (χ0v) is 25.5. The Hall–Kier alpha value is -3.00. The first-order valence-corrected chi connectivity index (χ1v) is 14.6. The summed E-state index contributed by atoms with van der Waals surface area (Å²) in [6.07, 6.45) is -2.41. The molecular formula is C28H30Cl2F4N4O4S. The Morgan fingerprint density at radius 3 is 2.56 bits per heavy atom. The highest BCUT2D eigenvalue weighted by molar-refractivity contribution is 7.18. The summed E-state index contributed by atoms with van der Waals surface area (Å²) in [5.41, 5.74) is -0.899. The lowest BCUT2D eigenvalue weighted by Crippen LogP contribution is -2.38. The van der Waals surface area contributed by atoms with E-state index >= 15 is 0 Å². The quantitative estimate of drug-likeness (QED) is 0.219. The highest BCUT2D eigenvalue weighted by Gasteiger charge is 2.35. The minimum absolute atomic E-state index is 0. The van der Waals surface area contributed by atoms with Crippen LogP contribution in [-0.4, -0.2) is 64.9 Å². The summed E-state index contributed by atoms with van der Waals surface area (Å²) in [4.78, 5) is 27.7. The van der Waals surface area contributed by atoms with Gasteiger partial charge in [0.15, 0.2) is 0 Å². The molecule has 43 heavy (non-hydrogen) atoms. The van der Waals surface area contributed by atoms with Crippen molar-refractivity contribution < 1.29 is 37.0 Å². The Morgan fingerprint density at radius 1 is 1.19 bits per heavy atom. The lowest BCUT2D eigenvalue weighted by atomic mass is 9.97. The molecule has 1 aromatic heterocycles. The third-order valence-corrected chi connectivity index (χ3v) is 8.32. The van der Waals surface area contributed by atoms with Crippen LogP contribution in [0.5, 0.6) is 5.75 Å². The Kier molecular flexibility index (Phi) is 12.1. The first kappa shape index (κ1) is 34.5. The molecule has 0 bridgehead atoms. The second kappa shape index (κ2) is 15.1. The van der Waals surface area contributed by atoms with Gasteiger partial charge in [0.1, 0.15) is 23.2 Å². The number of likely N-dealkylation sites (tertiary alicyclic amines) is 1. The van der Waals surface area contributed by atoms with Crippen molar-refractivity contribution in [3.63, 3.8) is 0 Å². The number of anilines is 1. The Labute approximate surface area is 261 Å². The molecule has 3 aromatic rings. The maximum Gasteiger partial charge on any atom is 0.419 e. The summed E-state index contributed by atoms with van der Waals surface area (Å²) in [5.74, 6) is -2.91. The molecular weight excluding hydrogens is 635 g/mol. The molecule has 8 nitrogen and oxygen atoms in total. The van der Waals surface area contributed by atoms with E-state index in [2.05, 4.69) is 10.2 Å². The van der Waals surface area contributed by atoms with Crippen LogP contribution < -0.4 is 9.64 Å². The number of halogens is 6. The lowest BCUT2D eigenvalue weighted by Gasteiger charge is -2.29. The summed E-state index contributed by atoms with van der Waals surface area (Å²) < 4.78 is 61.5. The molecule has 1 fully saturated rings. The fourth-order valence-corrected chi connectivity index (χ4v) is 5.63. The minimum atomic E-state index is -4.71. The number of aliphatic carboxylic acids is 1. The monoisotopic (exact) mass is 664 g/mol. The van der Waals surface area contributed by atoms with Crippen molar-refractivity contribution in [1.82, 2.24) is 15.1 Å². The van der Waals surface area contributed by atoms with E-state index in [1.807, 2.05) is 11.8 Å². The first-order valence-electron chi connectivity index (χ1n) is 13.4. The third kappa shape index (κ3) is 8.55. The van der Waals surface area contributed by atoms with Gasteiger partial charge in [0.05, 0.1) is 22.1 Å². The molecule has 15 heteroatoms. The molecule has 2 heterocycles. The number of alkyl halides is 3. The van der Waals surface area contributed by atoms with Crippen LogP contribution in [0.1, 0.15) is 48.5 Å². The minimum Gasteiger partial charge on any atom is -0.492 e. The number of benzene rings is 2. The van der Waals surface area contributed by atoms with E-state index in [9.17, 15) is 27.2 Å². The molecule has 4 rings (SSSR count). The molecule has 1 aliphatic rings. The van der Waals surface area contributed by atoms with Gasteiger partial charge in [0, 0.05) is 18.7 Å². The van der Waals surface area contributed by atoms with Crippen molar-refractivity contribution in [2.75, 3.05) is 37.7 Å². The number of carbonyl (C=O) groups is 2. The van der Waals surface area contributed by atoms with Crippen LogP contribution >= 0.6 is 35.3 Å².